The maximum absolute atomic E-state index is 14.0. The van der Waals surface area contributed by atoms with Crippen LogP contribution in [0.5, 0.6) is 0 Å². The molecule has 1 aliphatic heterocycles. The number of para-hydroxylation sites is 1. The molecule has 0 amide bonds. The number of aryl methyl sites for hydroxylation is 1. The molecule has 2 heterocycles. The van der Waals surface area contributed by atoms with Gasteiger partial charge in [0.05, 0.1) is 22.8 Å². The predicted octanol–water partition coefficient (Wildman–Crippen LogP) is 3.28. The van der Waals surface area contributed by atoms with Crippen LogP contribution in [0.1, 0.15) is 11.4 Å². The van der Waals surface area contributed by atoms with Gasteiger partial charge in [-0.2, -0.15) is 9.40 Å². The minimum atomic E-state index is -4.11. The summed E-state index contributed by atoms with van der Waals surface area (Å²) < 4.78 is 56.2. The third-order valence-electron chi connectivity index (χ3n) is 5.32. The van der Waals surface area contributed by atoms with E-state index in [1.54, 1.807) is 0 Å². The smallest absolute Gasteiger partial charge is 0.246 e. The Bertz CT molecular complexity index is 1170. The molecule has 4 rings (SSSR count). The summed E-state index contributed by atoms with van der Waals surface area (Å²) in [4.78, 5) is 1.46. The third kappa shape index (κ3) is 3.59. The van der Waals surface area contributed by atoms with Crippen LogP contribution >= 0.6 is 0 Å². The molecule has 1 fully saturated rings. The summed E-state index contributed by atoms with van der Waals surface area (Å²) in [5.41, 5.74) is 3.73. The zero-order valence-corrected chi connectivity index (χ0v) is 17.5. The van der Waals surface area contributed by atoms with Crippen molar-refractivity contribution in [2.45, 2.75) is 18.7 Å². The fraction of sp³-hybridized carbons (Fsp3) is 0.286. The number of nitrogens with zero attached hydrogens (tertiary/aromatic N) is 4. The highest BCUT2D eigenvalue weighted by Crippen LogP contribution is 2.29. The van der Waals surface area contributed by atoms with Crippen LogP contribution in [0.25, 0.3) is 5.69 Å². The van der Waals surface area contributed by atoms with Crippen LogP contribution < -0.4 is 4.90 Å². The summed E-state index contributed by atoms with van der Waals surface area (Å²) in [6, 6.07) is 12.3. The summed E-state index contributed by atoms with van der Waals surface area (Å²) in [5.74, 6) is -1.73. The second-order valence-electron chi connectivity index (χ2n) is 7.23. The monoisotopic (exact) mass is 432 g/mol. The van der Waals surface area contributed by atoms with Crippen molar-refractivity contribution in [1.82, 2.24) is 14.1 Å². The first-order valence-corrected chi connectivity index (χ1v) is 11.0. The van der Waals surface area contributed by atoms with Crippen molar-refractivity contribution in [3.8, 4) is 5.69 Å². The van der Waals surface area contributed by atoms with E-state index in [2.05, 4.69) is 10.00 Å². The molecule has 0 spiro atoms. The second kappa shape index (κ2) is 7.81. The number of hydrogen-bond acceptors (Lipinski definition) is 4. The van der Waals surface area contributed by atoms with Crippen molar-refractivity contribution < 1.29 is 17.2 Å². The molecular weight excluding hydrogens is 410 g/mol. The van der Waals surface area contributed by atoms with Gasteiger partial charge in [0.25, 0.3) is 0 Å². The molecule has 1 saturated heterocycles. The van der Waals surface area contributed by atoms with E-state index < -0.39 is 26.6 Å². The number of rotatable bonds is 4. The number of piperazine rings is 1. The van der Waals surface area contributed by atoms with Crippen LogP contribution in [0.15, 0.2) is 53.4 Å². The highest BCUT2D eigenvalue weighted by Gasteiger charge is 2.32. The van der Waals surface area contributed by atoms with Crippen LogP contribution in [-0.2, 0) is 10.0 Å². The summed E-state index contributed by atoms with van der Waals surface area (Å²) in [6.07, 6.45) is 0. The number of halogens is 2. The Labute approximate surface area is 174 Å². The van der Waals surface area contributed by atoms with Gasteiger partial charge in [0.1, 0.15) is 16.5 Å². The van der Waals surface area contributed by atoms with Gasteiger partial charge in [0.2, 0.25) is 10.0 Å². The molecular formula is C21H22F2N4O2S. The van der Waals surface area contributed by atoms with E-state index in [1.807, 2.05) is 48.9 Å². The summed E-state index contributed by atoms with van der Waals surface area (Å²) in [6.45, 7) is 5.11. The highest BCUT2D eigenvalue weighted by atomic mass is 32.2. The summed E-state index contributed by atoms with van der Waals surface area (Å²) >= 11 is 0. The minimum Gasteiger partial charge on any atom is -0.366 e. The van der Waals surface area contributed by atoms with Crippen LogP contribution in [0.4, 0.5) is 14.5 Å². The molecule has 30 heavy (non-hydrogen) atoms. The molecule has 0 saturated carbocycles. The molecule has 158 valence electrons. The largest absolute Gasteiger partial charge is 0.366 e. The Kier molecular flexibility index (Phi) is 5.33. The lowest BCUT2D eigenvalue weighted by atomic mass is 10.2. The molecule has 0 aliphatic carbocycles. The van der Waals surface area contributed by atoms with E-state index in [9.17, 15) is 17.2 Å². The molecule has 0 bridgehead atoms. The van der Waals surface area contributed by atoms with E-state index in [0.29, 0.717) is 13.1 Å². The lowest BCUT2D eigenvalue weighted by molar-refractivity contribution is 0.381. The Hall–Kier alpha value is -2.78. The van der Waals surface area contributed by atoms with E-state index in [1.165, 1.54) is 4.31 Å². The van der Waals surface area contributed by atoms with Gasteiger partial charge in [0.15, 0.2) is 0 Å². The van der Waals surface area contributed by atoms with Gasteiger partial charge in [-0.15, -0.1) is 0 Å². The van der Waals surface area contributed by atoms with Gasteiger partial charge in [-0.1, -0.05) is 18.2 Å². The zero-order valence-electron chi connectivity index (χ0n) is 16.7. The number of benzene rings is 2. The van der Waals surface area contributed by atoms with Gasteiger partial charge in [-0.3, -0.25) is 0 Å². The van der Waals surface area contributed by atoms with E-state index >= 15 is 0 Å². The van der Waals surface area contributed by atoms with Crippen molar-refractivity contribution >= 4 is 15.7 Å². The first kappa shape index (κ1) is 20.5. The summed E-state index contributed by atoms with van der Waals surface area (Å²) in [7, 11) is -4.11. The van der Waals surface area contributed by atoms with Crippen molar-refractivity contribution in [3.63, 3.8) is 0 Å². The fourth-order valence-electron chi connectivity index (χ4n) is 3.88. The fourth-order valence-corrected chi connectivity index (χ4v) is 5.38. The van der Waals surface area contributed by atoms with Gasteiger partial charge < -0.3 is 4.90 Å². The normalized spacial score (nSPS) is 15.5. The molecule has 3 aromatic rings. The number of anilines is 1. The minimum absolute atomic E-state index is 0.174. The molecule has 6 nitrogen and oxygen atoms in total. The van der Waals surface area contributed by atoms with Crippen LogP contribution in [0.2, 0.25) is 0 Å². The second-order valence-corrected chi connectivity index (χ2v) is 9.14. The Morgan fingerprint density at radius 3 is 2.27 bits per heavy atom. The van der Waals surface area contributed by atoms with Gasteiger partial charge in [-0.25, -0.2) is 21.9 Å². The number of hydrogen-bond donors (Lipinski definition) is 0. The standard InChI is InChI=1S/C21H22F2N4O2S/c1-15-21(16(2)27(24-15)18-6-4-3-5-7-18)25-10-12-26(13-11-25)30(28,29)20-14-17(22)8-9-19(20)23/h3-9,14H,10-13H2,1-2H3. The van der Waals surface area contributed by atoms with Crippen LogP contribution in [0, 0.1) is 25.5 Å². The van der Waals surface area contributed by atoms with E-state index in [4.69, 9.17) is 0 Å². The van der Waals surface area contributed by atoms with Gasteiger partial charge in [0, 0.05) is 26.2 Å². The van der Waals surface area contributed by atoms with Crippen molar-refractivity contribution in [2.24, 2.45) is 0 Å². The van der Waals surface area contributed by atoms with Crippen LogP contribution in [0.3, 0.4) is 0 Å². The SMILES string of the molecule is Cc1nn(-c2ccccc2)c(C)c1N1CCN(S(=O)(=O)c2cc(F)ccc2F)CC1. The molecule has 9 heteroatoms. The third-order valence-corrected chi connectivity index (χ3v) is 7.23. The first-order chi connectivity index (χ1) is 14.3. The molecule has 2 aromatic carbocycles. The zero-order chi connectivity index (χ0) is 21.5. The number of sulfonamides is 1. The maximum Gasteiger partial charge on any atom is 0.246 e. The lowest BCUT2D eigenvalue weighted by Gasteiger charge is -2.35. The van der Waals surface area contributed by atoms with Gasteiger partial charge >= 0.3 is 0 Å². The lowest BCUT2D eigenvalue weighted by Crippen LogP contribution is -2.49. The van der Waals surface area contributed by atoms with Crippen molar-refractivity contribution in [3.05, 3.63) is 71.6 Å². The van der Waals surface area contributed by atoms with E-state index in [0.717, 1.165) is 41.0 Å². The maximum atomic E-state index is 14.0. The molecule has 0 atom stereocenters. The Morgan fingerprint density at radius 1 is 0.933 bits per heavy atom. The highest BCUT2D eigenvalue weighted by molar-refractivity contribution is 7.89. The number of aromatic nitrogens is 2. The Morgan fingerprint density at radius 2 is 1.60 bits per heavy atom. The van der Waals surface area contributed by atoms with Crippen molar-refractivity contribution in [2.75, 3.05) is 31.1 Å². The topological polar surface area (TPSA) is 58.4 Å². The van der Waals surface area contributed by atoms with Gasteiger partial charge in [-0.05, 0) is 44.2 Å². The molecule has 1 aromatic heterocycles. The van der Waals surface area contributed by atoms with Crippen LogP contribution in [-0.4, -0.2) is 48.7 Å². The summed E-state index contributed by atoms with van der Waals surface area (Å²) in [5, 5.41) is 4.64. The molecule has 0 radical (unpaired) electrons. The average Bonchev–Trinajstić information content (AvgIpc) is 3.04. The first-order valence-electron chi connectivity index (χ1n) is 9.61. The molecule has 0 unspecified atom stereocenters. The molecule has 0 N–H and O–H groups in total. The Balaban J connectivity index is 1.56. The quantitative estimate of drug-likeness (QED) is 0.635. The predicted molar refractivity (Wildman–Crippen MR) is 110 cm³/mol. The van der Waals surface area contributed by atoms with E-state index in [-0.39, 0.29) is 13.1 Å². The van der Waals surface area contributed by atoms with Crippen molar-refractivity contribution in [1.29, 1.82) is 0 Å². The average molecular weight is 432 g/mol. The molecule has 1 aliphatic rings.